The van der Waals surface area contributed by atoms with E-state index in [1.54, 1.807) is 23.2 Å². The Morgan fingerprint density at radius 1 is 1.06 bits per heavy atom. The fourth-order valence-corrected chi connectivity index (χ4v) is 4.80. The zero-order valence-electron chi connectivity index (χ0n) is 18.0. The molecule has 0 spiro atoms. The number of fused-ring (bicyclic) bond motifs is 3. The Bertz CT molecular complexity index is 1380. The van der Waals surface area contributed by atoms with E-state index in [0.717, 1.165) is 41.2 Å². The van der Waals surface area contributed by atoms with Crippen LogP contribution in [-0.2, 0) is 6.42 Å². The van der Waals surface area contributed by atoms with Crippen LogP contribution >= 0.6 is 0 Å². The summed E-state index contributed by atoms with van der Waals surface area (Å²) in [4.78, 5) is 34.0. The van der Waals surface area contributed by atoms with Gasteiger partial charge in [0.05, 0.1) is 29.4 Å². The van der Waals surface area contributed by atoms with E-state index in [1.807, 2.05) is 36.4 Å². The summed E-state index contributed by atoms with van der Waals surface area (Å²) < 4.78 is 1.62. The summed E-state index contributed by atoms with van der Waals surface area (Å²) in [6, 6.07) is 13.3. The van der Waals surface area contributed by atoms with Crippen molar-refractivity contribution in [3.05, 3.63) is 82.2 Å². The largest absolute Gasteiger partial charge is 0.391 e. The van der Waals surface area contributed by atoms with Crippen molar-refractivity contribution >= 4 is 27.5 Å². The van der Waals surface area contributed by atoms with Crippen LogP contribution in [0.25, 0.3) is 21.7 Å². The summed E-state index contributed by atoms with van der Waals surface area (Å²) >= 11 is 0. The minimum atomic E-state index is -0.522. The molecular weight excluding hydrogens is 402 g/mol. The van der Waals surface area contributed by atoms with Crippen LogP contribution in [0.4, 0.5) is 0 Å². The third kappa shape index (κ3) is 3.60. The lowest BCUT2D eigenvalue weighted by atomic mass is 9.92. The van der Waals surface area contributed by atoms with Crippen molar-refractivity contribution < 1.29 is 9.90 Å². The molecule has 1 saturated carbocycles. The fourth-order valence-electron chi connectivity index (χ4n) is 4.80. The van der Waals surface area contributed by atoms with Crippen molar-refractivity contribution in [3.63, 3.8) is 0 Å². The average molecular weight is 428 g/mol. The van der Waals surface area contributed by atoms with E-state index < -0.39 is 6.10 Å². The summed E-state index contributed by atoms with van der Waals surface area (Å²) in [6.07, 6.45) is 6.85. The molecule has 162 valence electrons. The van der Waals surface area contributed by atoms with Crippen molar-refractivity contribution in [3.8, 4) is 0 Å². The van der Waals surface area contributed by atoms with Crippen LogP contribution < -0.4 is 5.56 Å². The Hall–Kier alpha value is -3.38. The maximum absolute atomic E-state index is 13.5. The van der Waals surface area contributed by atoms with Gasteiger partial charge in [0, 0.05) is 18.5 Å². The van der Waals surface area contributed by atoms with Crippen molar-refractivity contribution in [1.29, 1.82) is 0 Å². The standard InChI is InChI=1S/C26H25N3O3/c1-16(30)22-11-10-17(14-27-22)12-18-13-21-25(20-7-3-2-6-19(18)20)28-15-29(26(21)32)23-8-4-5-9-24(23)31/h2-3,6-7,10-11,13-15,23-24,31H,4-5,8-9,12H2,1H3/t23-,24-/m0/s1. The third-order valence-electron chi connectivity index (χ3n) is 6.51. The topological polar surface area (TPSA) is 85.1 Å². The number of aliphatic hydroxyl groups excluding tert-OH is 1. The maximum Gasteiger partial charge on any atom is 0.261 e. The molecule has 0 aliphatic heterocycles. The molecule has 6 nitrogen and oxygen atoms in total. The SMILES string of the molecule is CC(=O)c1ccc(Cc2cc3c(=O)n([C@H]4CCCC[C@@H]4O)cnc3c3ccccc23)cn1. The van der Waals surface area contributed by atoms with E-state index in [2.05, 4.69) is 9.97 Å². The van der Waals surface area contributed by atoms with E-state index in [4.69, 9.17) is 0 Å². The normalized spacial score (nSPS) is 18.8. The molecule has 1 fully saturated rings. The number of hydrogen-bond acceptors (Lipinski definition) is 5. The molecular formula is C26H25N3O3. The molecule has 4 aromatic rings. The van der Waals surface area contributed by atoms with E-state index in [-0.39, 0.29) is 17.4 Å². The van der Waals surface area contributed by atoms with Gasteiger partial charge in [0.1, 0.15) is 5.69 Å². The number of aliphatic hydroxyl groups is 1. The second-order valence-electron chi connectivity index (χ2n) is 8.64. The minimum Gasteiger partial charge on any atom is -0.391 e. The summed E-state index contributed by atoms with van der Waals surface area (Å²) in [5.41, 5.74) is 2.98. The zero-order valence-corrected chi connectivity index (χ0v) is 18.0. The second-order valence-corrected chi connectivity index (χ2v) is 8.64. The average Bonchev–Trinajstić information content (AvgIpc) is 2.81. The fraction of sp³-hybridized carbons (Fsp3) is 0.308. The predicted molar refractivity (Wildman–Crippen MR) is 124 cm³/mol. The van der Waals surface area contributed by atoms with Gasteiger partial charge in [0.25, 0.3) is 5.56 Å². The molecule has 32 heavy (non-hydrogen) atoms. The number of hydrogen-bond donors (Lipinski definition) is 1. The lowest BCUT2D eigenvalue weighted by Gasteiger charge is -2.29. The molecule has 2 aromatic heterocycles. The highest BCUT2D eigenvalue weighted by Crippen LogP contribution is 2.30. The van der Waals surface area contributed by atoms with Crippen LogP contribution in [0.2, 0.25) is 0 Å². The third-order valence-corrected chi connectivity index (χ3v) is 6.51. The predicted octanol–water partition coefficient (Wildman–Crippen LogP) is 4.21. The van der Waals surface area contributed by atoms with E-state index in [1.165, 1.54) is 6.92 Å². The lowest BCUT2D eigenvalue weighted by molar-refractivity contribution is 0.0735. The molecule has 2 atom stereocenters. The Balaban J connectivity index is 1.65. The summed E-state index contributed by atoms with van der Waals surface area (Å²) in [6.45, 7) is 1.50. The summed E-state index contributed by atoms with van der Waals surface area (Å²) in [5, 5.41) is 13.0. The van der Waals surface area contributed by atoms with Gasteiger partial charge in [-0.05, 0) is 47.9 Å². The maximum atomic E-state index is 13.5. The monoisotopic (exact) mass is 427 g/mol. The van der Waals surface area contributed by atoms with Crippen molar-refractivity contribution in [2.45, 2.75) is 51.2 Å². The molecule has 0 amide bonds. The highest BCUT2D eigenvalue weighted by atomic mass is 16.3. The molecule has 0 radical (unpaired) electrons. The smallest absolute Gasteiger partial charge is 0.261 e. The number of Topliss-reactive ketones (excluding diaryl/α,β-unsaturated/α-hetero) is 1. The number of carbonyl (C=O) groups excluding carboxylic acids is 1. The molecule has 2 aromatic carbocycles. The number of rotatable bonds is 4. The number of aromatic nitrogens is 3. The Kier molecular flexibility index (Phi) is 5.31. The van der Waals surface area contributed by atoms with E-state index in [9.17, 15) is 14.7 Å². The van der Waals surface area contributed by atoms with Gasteiger partial charge in [-0.15, -0.1) is 0 Å². The van der Waals surface area contributed by atoms with Crippen LogP contribution in [0.15, 0.2) is 59.8 Å². The van der Waals surface area contributed by atoms with Gasteiger partial charge in [-0.25, -0.2) is 4.98 Å². The first-order chi connectivity index (χ1) is 15.5. The first kappa shape index (κ1) is 20.5. The van der Waals surface area contributed by atoms with E-state index in [0.29, 0.717) is 29.4 Å². The molecule has 6 heteroatoms. The first-order valence-corrected chi connectivity index (χ1v) is 11.1. The molecule has 0 unspecified atom stereocenters. The Morgan fingerprint density at radius 2 is 1.84 bits per heavy atom. The second kappa shape index (κ2) is 8.28. The molecule has 1 N–H and O–H groups in total. The first-order valence-electron chi connectivity index (χ1n) is 11.1. The highest BCUT2D eigenvalue weighted by Gasteiger charge is 2.26. The van der Waals surface area contributed by atoms with Gasteiger partial charge in [-0.2, -0.15) is 0 Å². The van der Waals surface area contributed by atoms with Crippen LogP contribution in [0.3, 0.4) is 0 Å². The van der Waals surface area contributed by atoms with Gasteiger partial charge >= 0.3 is 0 Å². The number of pyridine rings is 1. The number of benzene rings is 2. The highest BCUT2D eigenvalue weighted by molar-refractivity contribution is 6.06. The number of carbonyl (C=O) groups is 1. The lowest BCUT2D eigenvalue weighted by Crippen LogP contribution is -2.34. The van der Waals surface area contributed by atoms with Gasteiger partial charge in [0.15, 0.2) is 5.78 Å². The van der Waals surface area contributed by atoms with Crippen molar-refractivity contribution in [1.82, 2.24) is 14.5 Å². The van der Waals surface area contributed by atoms with Gasteiger partial charge in [0.2, 0.25) is 0 Å². The molecule has 1 aliphatic rings. The zero-order chi connectivity index (χ0) is 22.2. The quantitative estimate of drug-likeness (QED) is 0.389. The van der Waals surface area contributed by atoms with Crippen LogP contribution in [0.5, 0.6) is 0 Å². The summed E-state index contributed by atoms with van der Waals surface area (Å²) in [7, 11) is 0. The molecule has 0 bridgehead atoms. The molecule has 2 heterocycles. The molecule has 5 rings (SSSR count). The van der Waals surface area contributed by atoms with E-state index >= 15 is 0 Å². The van der Waals surface area contributed by atoms with Gasteiger partial charge in [-0.1, -0.05) is 43.2 Å². The Morgan fingerprint density at radius 3 is 2.56 bits per heavy atom. The molecule has 0 saturated heterocycles. The van der Waals surface area contributed by atoms with Crippen molar-refractivity contribution in [2.75, 3.05) is 0 Å². The summed E-state index contributed by atoms with van der Waals surface area (Å²) in [5.74, 6) is -0.0655. The van der Waals surface area contributed by atoms with Crippen LogP contribution in [0.1, 0.15) is 60.3 Å². The van der Waals surface area contributed by atoms with Gasteiger partial charge < -0.3 is 5.11 Å². The Labute approximate surface area is 185 Å². The minimum absolute atomic E-state index is 0.0655. The van der Waals surface area contributed by atoms with Gasteiger partial charge in [-0.3, -0.25) is 19.1 Å². The van der Waals surface area contributed by atoms with Crippen molar-refractivity contribution in [2.24, 2.45) is 0 Å². The molecule has 1 aliphatic carbocycles. The van der Waals surface area contributed by atoms with Crippen LogP contribution in [0, 0.1) is 0 Å². The number of nitrogens with zero attached hydrogens (tertiary/aromatic N) is 3. The number of ketones is 1. The van der Waals surface area contributed by atoms with Crippen LogP contribution in [-0.4, -0.2) is 31.5 Å².